The summed E-state index contributed by atoms with van der Waals surface area (Å²) in [4.78, 5) is 15.5. The Bertz CT molecular complexity index is 1230. The van der Waals surface area contributed by atoms with Gasteiger partial charge in [0.25, 0.3) is 5.56 Å². The van der Waals surface area contributed by atoms with Crippen molar-refractivity contribution in [3.8, 4) is 11.3 Å². The maximum atomic E-state index is 13.2. The van der Waals surface area contributed by atoms with Crippen LogP contribution < -0.4 is 5.56 Å². The largest absolute Gasteiger partial charge is 0.373 e. The minimum Gasteiger partial charge on any atom is -0.373 e. The number of hydrogen-bond acceptors (Lipinski definition) is 4. The molecule has 0 atom stereocenters. The third-order valence-corrected chi connectivity index (χ3v) is 6.11. The summed E-state index contributed by atoms with van der Waals surface area (Å²) in [6.07, 6.45) is 2.18. The lowest BCUT2D eigenvalue weighted by Crippen LogP contribution is -2.41. The molecule has 2 heterocycles. The molecule has 5 heteroatoms. The molecule has 0 amide bonds. The van der Waals surface area contributed by atoms with Crippen LogP contribution >= 0.6 is 0 Å². The molecule has 0 saturated carbocycles. The fraction of sp³-hybridized carbons (Fsp3) is 0.259. The number of nitrogens with zero attached hydrogens (tertiary/aromatic N) is 3. The van der Waals surface area contributed by atoms with E-state index in [1.165, 1.54) is 5.56 Å². The van der Waals surface area contributed by atoms with Crippen LogP contribution in [0.3, 0.4) is 0 Å². The van der Waals surface area contributed by atoms with Crippen molar-refractivity contribution in [3.63, 3.8) is 0 Å². The van der Waals surface area contributed by atoms with Gasteiger partial charge < -0.3 is 4.74 Å². The fourth-order valence-corrected chi connectivity index (χ4v) is 4.34. The number of piperidine rings is 1. The first-order valence-corrected chi connectivity index (χ1v) is 11.2. The molecule has 1 saturated heterocycles. The molecule has 4 aromatic rings. The normalized spacial score (nSPS) is 15.2. The molecule has 0 aliphatic carbocycles. The average molecular weight is 426 g/mol. The smallest absolute Gasteiger partial charge is 0.275 e. The Balaban J connectivity index is 1.31. The van der Waals surface area contributed by atoms with Gasteiger partial charge >= 0.3 is 0 Å². The lowest BCUT2D eigenvalue weighted by atomic mass is 10.1. The van der Waals surface area contributed by atoms with Gasteiger partial charge in [-0.05, 0) is 24.5 Å². The molecule has 32 heavy (non-hydrogen) atoms. The predicted octanol–water partition coefficient (Wildman–Crippen LogP) is 4.70. The number of hydrogen-bond donors (Lipinski definition) is 0. The van der Waals surface area contributed by atoms with Crippen molar-refractivity contribution < 1.29 is 4.74 Å². The van der Waals surface area contributed by atoms with Crippen molar-refractivity contribution in [2.75, 3.05) is 13.1 Å². The minimum atomic E-state index is -0.0391. The van der Waals surface area contributed by atoms with Crippen LogP contribution in [0.15, 0.2) is 89.7 Å². The second kappa shape index (κ2) is 9.47. The first kappa shape index (κ1) is 20.6. The van der Waals surface area contributed by atoms with E-state index in [0.29, 0.717) is 18.7 Å². The summed E-state index contributed by atoms with van der Waals surface area (Å²) < 4.78 is 7.74. The maximum Gasteiger partial charge on any atom is 0.275 e. The Morgan fingerprint density at radius 3 is 2.16 bits per heavy atom. The molecule has 1 fully saturated rings. The van der Waals surface area contributed by atoms with E-state index in [2.05, 4.69) is 17.0 Å². The molecular formula is C27H27N3O2. The zero-order valence-corrected chi connectivity index (χ0v) is 18.1. The summed E-state index contributed by atoms with van der Waals surface area (Å²) in [5.41, 5.74) is 3.03. The first-order valence-electron chi connectivity index (χ1n) is 11.2. The summed E-state index contributed by atoms with van der Waals surface area (Å²) in [6.45, 7) is 2.93. The highest BCUT2D eigenvalue weighted by Gasteiger charge is 2.21. The van der Waals surface area contributed by atoms with Gasteiger partial charge in [-0.3, -0.25) is 9.69 Å². The van der Waals surface area contributed by atoms with Crippen LogP contribution in [0.1, 0.15) is 18.4 Å². The van der Waals surface area contributed by atoms with Crippen molar-refractivity contribution in [3.05, 3.63) is 101 Å². The second-order valence-electron chi connectivity index (χ2n) is 8.32. The molecule has 0 bridgehead atoms. The summed E-state index contributed by atoms with van der Waals surface area (Å²) in [5.74, 6) is 0. The number of likely N-dealkylation sites (tertiary alicyclic amines) is 1. The highest BCUT2D eigenvalue weighted by Crippen LogP contribution is 2.24. The van der Waals surface area contributed by atoms with E-state index in [-0.39, 0.29) is 11.7 Å². The van der Waals surface area contributed by atoms with E-state index in [1.807, 2.05) is 72.8 Å². The number of benzene rings is 3. The van der Waals surface area contributed by atoms with Gasteiger partial charge in [0.1, 0.15) is 0 Å². The van der Waals surface area contributed by atoms with Crippen molar-refractivity contribution in [2.45, 2.75) is 32.2 Å². The quantitative estimate of drug-likeness (QED) is 0.449. The maximum absolute atomic E-state index is 13.2. The monoisotopic (exact) mass is 425 g/mol. The van der Waals surface area contributed by atoms with Crippen LogP contribution in [0.2, 0.25) is 0 Å². The molecule has 0 unspecified atom stereocenters. The molecule has 1 aliphatic heterocycles. The van der Waals surface area contributed by atoms with Crippen LogP contribution in [-0.2, 0) is 18.0 Å². The van der Waals surface area contributed by atoms with Crippen molar-refractivity contribution >= 4 is 10.8 Å². The highest BCUT2D eigenvalue weighted by molar-refractivity contribution is 5.93. The van der Waals surface area contributed by atoms with Crippen LogP contribution in [0.4, 0.5) is 0 Å². The second-order valence-corrected chi connectivity index (χ2v) is 8.32. The van der Waals surface area contributed by atoms with Gasteiger partial charge in [0.05, 0.1) is 30.5 Å². The standard InChI is InChI=1S/C27H27N3O2/c31-27-25-14-8-7-13-24(25)26(22-11-5-2-6-12-22)28-30(27)20-29-17-15-23(16-18-29)32-19-21-9-3-1-4-10-21/h1-14,23H,15-20H2. The minimum absolute atomic E-state index is 0.0391. The molecule has 0 N–H and O–H groups in total. The Kier molecular flexibility index (Phi) is 6.10. The van der Waals surface area contributed by atoms with E-state index >= 15 is 0 Å². The molecule has 0 radical (unpaired) electrons. The van der Waals surface area contributed by atoms with Gasteiger partial charge in [0.2, 0.25) is 0 Å². The topological polar surface area (TPSA) is 47.4 Å². The van der Waals surface area contributed by atoms with Gasteiger partial charge in [0.15, 0.2) is 0 Å². The summed E-state index contributed by atoms with van der Waals surface area (Å²) >= 11 is 0. The van der Waals surface area contributed by atoms with E-state index in [4.69, 9.17) is 9.84 Å². The molecule has 1 aliphatic rings. The molecule has 1 aromatic heterocycles. The van der Waals surface area contributed by atoms with Gasteiger partial charge in [0, 0.05) is 24.0 Å². The van der Waals surface area contributed by atoms with Gasteiger partial charge in [-0.2, -0.15) is 5.10 Å². The number of fused-ring (bicyclic) bond motifs is 1. The van der Waals surface area contributed by atoms with Crippen LogP contribution in [0.5, 0.6) is 0 Å². The Morgan fingerprint density at radius 2 is 1.44 bits per heavy atom. The summed E-state index contributed by atoms with van der Waals surface area (Å²) in [5, 5.41) is 6.40. The van der Waals surface area contributed by atoms with Crippen LogP contribution in [0.25, 0.3) is 22.0 Å². The fourth-order valence-electron chi connectivity index (χ4n) is 4.34. The van der Waals surface area contributed by atoms with Gasteiger partial charge in [-0.1, -0.05) is 78.9 Å². The molecule has 0 spiro atoms. The lowest BCUT2D eigenvalue weighted by Gasteiger charge is -2.32. The lowest BCUT2D eigenvalue weighted by molar-refractivity contribution is -0.00933. The van der Waals surface area contributed by atoms with E-state index < -0.39 is 0 Å². The molecule has 3 aromatic carbocycles. The zero-order chi connectivity index (χ0) is 21.8. The van der Waals surface area contributed by atoms with E-state index in [0.717, 1.165) is 42.6 Å². The van der Waals surface area contributed by atoms with Gasteiger partial charge in [-0.25, -0.2) is 4.68 Å². The van der Waals surface area contributed by atoms with Crippen LogP contribution in [-0.4, -0.2) is 33.9 Å². The van der Waals surface area contributed by atoms with Crippen molar-refractivity contribution in [1.29, 1.82) is 0 Å². The zero-order valence-electron chi connectivity index (χ0n) is 18.1. The molecule has 162 valence electrons. The predicted molar refractivity (Wildman–Crippen MR) is 127 cm³/mol. The van der Waals surface area contributed by atoms with Crippen molar-refractivity contribution in [1.82, 2.24) is 14.7 Å². The average Bonchev–Trinajstić information content (AvgIpc) is 2.86. The molecule has 5 nitrogen and oxygen atoms in total. The Labute approximate surface area is 187 Å². The molecular weight excluding hydrogens is 398 g/mol. The van der Waals surface area contributed by atoms with E-state index in [1.54, 1.807) is 4.68 Å². The third kappa shape index (κ3) is 4.49. The SMILES string of the molecule is O=c1c2ccccc2c(-c2ccccc2)nn1CN1CCC(OCc2ccccc2)CC1. The Morgan fingerprint density at radius 1 is 0.812 bits per heavy atom. The summed E-state index contributed by atoms with van der Waals surface area (Å²) in [7, 11) is 0. The third-order valence-electron chi connectivity index (χ3n) is 6.11. The Hall–Kier alpha value is -3.28. The van der Waals surface area contributed by atoms with Crippen molar-refractivity contribution in [2.24, 2.45) is 0 Å². The van der Waals surface area contributed by atoms with Crippen LogP contribution in [0, 0.1) is 0 Å². The first-order chi connectivity index (χ1) is 15.8. The number of aromatic nitrogens is 2. The highest BCUT2D eigenvalue weighted by atomic mass is 16.5. The summed E-state index contributed by atoms with van der Waals surface area (Å²) in [6, 6.07) is 28.1. The molecule has 5 rings (SSSR count). The number of ether oxygens (including phenoxy) is 1. The van der Waals surface area contributed by atoms with Gasteiger partial charge in [-0.15, -0.1) is 0 Å². The van der Waals surface area contributed by atoms with E-state index in [9.17, 15) is 4.79 Å². The number of rotatable bonds is 6.